The Labute approximate surface area is 98.6 Å². The van der Waals surface area contributed by atoms with Crippen molar-refractivity contribution in [3.63, 3.8) is 0 Å². The first kappa shape index (κ1) is 13.5. The molecule has 16 heavy (non-hydrogen) atoms. The molecule has 0 unspecified atom stereocenters. The molecular weight excluding hydrogens is 202 g/mol. The van der Waals surface area contributed by atoms with Crippen LogP contribution in [0, 0.1) is 5.92 Å². The molecule has 0 spiro atoms. The number of hydrogen-bond acceptors (Lipinski definition) is 3. The van der Waals surface area contributed by atoms with Crippen LogP contribution in [0.2, 0.25) is 0 Å². The number of ether oxygens (including phenoxy) is 1. The van der Waals surface area contributed by atoms with Gasteiger partial charge in [0.25, 0.3) is 0 Å². The number of nitrogens with two attached hydrogens (primary N) is 1. The SMILES string of the molecule is COCCN=C(CC1CCCCCC1)NN. The fourth-order valence-corrected chi connectivity index (χ4v) is 2.28. The Bertz CT molecular complexity index is 198. The highest BCUT2D eigenvalue weighted by atomic mass is 16.5. The van der Waals surface area contributed by atoms with Gasteiger partial charge in [-0.1, -0.05) is 38.5 Å². The van der Waals surface area contributed by atoms with Crippen molar-refractivity contribution in [3.05, 3.63) is 0 Å². The highest BCUT2D eigenvalue weighted by molar-refractivity contribution is 5.81. The Morgan fingerprint density at radius 3 is 2.56 bits per heavy atom. The minimum Gasteiger partial charge on any atom is -0.383 e. The minimum atomic E-state index is 0.663. The van der Waals surface area contributed by atoms with E-state index in [1.807, 2.05) is 0 Å². The smallest absolute Gasteiger partial charge is 0.111 e. The van der Waals surface area contributed by atoms with Crippen LogP contribution >= 0.6 is 0 Å². The first-order chi connectivity index (χ1) is 7.86. The van der Waals surface area contributed by atoms with Crippen molar-refractivity contribution in [2.75, 3.05) is 20.3 Å². The minimum absolute atomic E-state index is 0.663. The second-order valence-electron chi connectivity index (χ2n) is 4.53. The van der Waals surface area contributed by atoms with Crippen molar-refractivity contribution in [2.24, 2.45) is 16.8 Å². The summed E-state index contributed by atoms with van der Waals surface area (Å²) < 4.78 is 4.97. The molecule has 0 aliphatic heterocycles. The van der Waals surface area contributed by atoms with Gasteiger partial charge in [0.1, 0.15) is 5.84 Å². The molecule has 0 amide bonds. The Balaban J connectivity index is 2.32. The molecule has 0 aromatic rings. The topological polar surface area (TPSA) is 59.6 Å². The molecule has 0 heterocycles. The van der Waals surface area contributed by atoms with Crippen LogP contribution in [0.4, 0.5) is 0 Å². The maximum absolute atomic E-state index is 5.49. The molecule has 0 radical (unpaired) electrons. The van der Waals surface area contributed by atoms with E-state index in [9.17, 15) is 0 Å². The number of methoxy groups -OCH3 is 1. The van der Waals surface area contributed by atoms with Gasteiger partial charge in [0.15, 0.2) is 0 Å². The number of rotatable bonds is 5. The number of hydrazine groups is 1. The molecule has 0 aromatic carbocycles. The third-order valence-electron chi connectivity index (χ3n) is 3.22. The zero-order valence-electron chi connectivity index (χ0n) is 10.4. The van der Waals surface area contributed by atoms with Gasteiger partial charge in [-0.2, -0.15) is 0 Å². The molecule has 1 aliphatic rings. The number of hydrogen-bond donors (Lipinski definition) is 2. The monoisotopic (exact) mass is 227 g/mol. The van der Waals surface area contributed by atoms with E-state index in [1.54, 1.807) is 7.11 Å². The van der Waals surface area contributed by atoms with Gasteiger partial charge in [0, 0.05) is 13.5 Å². The quantitative estimate of drug-likeness (QED) is 0.188. The summed E-state index contributed by atoms with van der Waals surface area (Å²) in [7, 11) is 1.69. The van der Waals surface area contributed by atoms with Crippen molar-refractivity contribution in [2.45, 2.75) is 44.9 Å². The van der Waals surface area contributed by atoms with Crippen LogP contribution in [0.15, 0.2) is 4.99 Å². The van der Waals surface area contributed by atoms with Crippen LogP contribution in [0.1, 0.15) is 44.9 Å². The second kappa shape index (κ2) is 8.53. The van der Waals surface area contributed by atoms with E-state index in [-0.39, 0.29) is 0 Å². The van der Waals surface area contributed by atoms with Crippen molar-refractivity contribution in [1.29, 1.82) is 0 Å². The van der Waals surface area contributed by atoms with Crippen molar-refractivity contribution in [3.8, 4) is 0 Å². The first-order valence-corrected chi connectivity index (χ1v) is 6.35. The summed E-state index contributed by atoms with van der Waals surface area (Å²) >= 11 is 0. The molecule has 0 atom stereocenters. The van der Waals surface area contributed by atoms with Crippen LogP contribution in [-0.4, -0.2) is 26.1 Å². The fourth-order valence-electron chi connectivity index (χ4n) is 2.28. The average molecular weight is 227 g/mol. The van der Waals surface area contributed by atoms with Crippen molar-refractivity contribution >= 4 is 5.84 Å². The number of nitrogens with one attached hydrogen (secondary N) is 1. The van der Waals surface area contributed by atoms with Gasteiger partial charge in [0.2, 0.25) is 0 Å². The summed E-state index contributed by atoms with van der Waals surface area (Å²) in [6.45, 7) is 1.36. The molecule has 1 rings (SSSR count). The van der Waals surface area contributed by atoms with E-state index in [0.717, 1.165) is 18.2 Å². The summed E-state index contributed by atoms with van der Waals surface area (Å²) in [5.41, 5.74) is 2.72. The van der Waals surface area contributed by atoms with Crippen LogP contribution < -0.4 is 11.3 Å². The molecule has 0 saturated heterocycles. The van der Waals surface area contributed by atoms with E-state index in [1.165, 1.54) is 38.5 Å². The molecule has 3 N–H and O–H groups in total. The van der Waals surface area contributed by atoms with E-state index in [4.69, 9.17) is 10.6 Å². The highest BCUT2D eigenvalue weighted by Crippen LogP contribution is 2.25. The predicted molar refractivity (Wildman–Crippen MR) is 67.3 cm³/mol. The van der Waals surface area contributed by atoms with E-state index in [2.05, 4.69) is 10.4 Å². The van der Waals surface area contributed by atoms with Crippen LogP contribution in [0.3, 0.4) is 0 Å². The summed E-state index contributed by atoms with van der Waals surface area (Å²) in [5.74, 6) is 7.19. The van der Waals surface area contributed by atoms with Crippen LogP contribution in [-0.2, 0) is 4.74 Å². The zero-order chi connectivity index (χ0) is 11.6. The lowest BCUT2D eigenvalue weighted by atomic mass is 9.96. The molecule has 4 heteroatoms. The van der Waals surface area contributed by atoms with Gasteiger partial charge >= 0.3 is 0 Å². The average Bonchev–Trinajstić information content (AvgIpc) is 2.56. The lowest BCUT2D eigenvalue weighted by Crippen LogP contribution is -2.32. The normalized spacial score (nSPS) is 19.5. The molecule has 1 aliphatic carbocycles. The zero-order valence-corrected chi connectivity index (χ0v) is 10.4. The Morgan fingerprint density at radius 2 is 2.00 bits per heavy atom. The number of nitrogens with zero attached hydrogens (tertiary/aromatic N) is 1. The second-order valence-corrected chi connectivity index (χ2v) is 4.53. The molecular formula is C12H25N3O. The highest BCUT2D eigenvalue weighted by Gasteiger charge is 2.14. The van der Waals surface area contributed by atoms with Crippen molar-refractivity contribution in [1.82, 2.24) is 5.43 Å². The molecule has 1 saturated carbocycles. The first-order valence-electron chi connectivity index (χ1n) is 6.35. The van der Waals surface area contributed by atoms with E-state index < -0.39 is 0 Å². The van der Waals surface area contributed by atoms with Gasteiger partial charge in [0.05, 0.1) is 13.2 Å². The Kier molecular flexibility index (Phi) is 7.17. The Hall–Kier alpha value is -0.610. The maximum Gasteiger partial charge on any atom is 0.111 e. The largest absolute Gasteiger partial charge is 0.383 e. The number of amidine groups is 1. The standard InChI is InChI=1S/C12H25N3O/c1-16-9-8-14-12(15-13)10-11-6-4-2-3-5-7-11/h11H,2-10,13H2,1H3,(H,14,15). The molecule has 94 valence electrons. The van der Waals surface area contributed by atoms with E-state index >= 15 is 0 Å². The summed E-state index contributed by atoms with van der Waals surface area (Å²) in [6.07, 6.45) is 9.16. The Morgan fingerprint density at radius 1 is 1.31 bits per heavy atom. The summed E-state index contributed by atoms with van der Waals surface area (Å²) in [6, 6.07) is 0. The third-order valence-corrected chi connectivity index (χ3v) is 3.22. The molecule has 4 nitrogen and oxygen atoms in total. The maximum atomic E-state index is 5.49. The van der Waals surface area contributed by atoms with Gasteiger partial charge < -0.3 is 10.2 Å². The number of aliphatic imine (C=N–C) groups is 1. The fraction of sp³-hybridized carbons (Fsp3) is 0.917. The van der Waals surface area contributed by atoms with E-state index in [0.29, 0.717) is 13.2 Å². The van der Waals surface area contributed by atoms with Crippen molar-refractivity contribution < 1.29 is 4.74 Å². The summed E-state index contributed by atoms with van der Waals surface area (Å²) in [4.78, 5) is 4.41. The lowest BCUT2D eigenvalue weighted by molar-refractivity contribution is 0.208. The molecule has 1 fully saturated rings. The predicted octanol–water partition coefficient (Wildman–Crippen LogP) is 1.86. The van der Waals surface area contributed by atoms with Gasteiger partial charge in [-0.15, -0.1) is 0 Å². The van der Waals surface area contributed by atoms with Gasteiger partial charge in [-0.25, -0.2) is 5.84 Å². The third kappa shape index (κ3) is 5.47. The van der Waals surface area contributed by atoms with Gasteiger partial charge in [-0.05, 0) is 5.92 Å². The molecule has 0 bridgehead atoms. The molecule has 0 aromatic heterocycles. The summed E-state index contributed by atoms with van der Waals surface area (Å²) in [5, 5.41) is 0. The van der Waals surface area contributed by atoms with Crippen LogP contribution in [0.5, 0.6) is 0 Å². The van der Waals surface area contributed by atoms with Crippen LogP contribution in [0.25, 0.3) is 0 Å². The van der Waals surface area contributed by atoms with Gasteiger partial charge in [-0.3, -0.25) is 4.99 Å². The lowest BCUT2D eigenvalue weighted by Gasteiger charge is -2.15.